The van der Waals surface area contributed by atoms with Crippen LogP contribution in [0.15, 0.2) is 0 Å². The maximum atomic E-state index is 12.4. The fourth-order valence-electron chi connectivity index (χ4n) is 3.70. The van der Waals surface area contributed by atoms with Gasteiger partial charge in [0, 0.05) is 19.1 Å². The third kappa shape index (κ3) is 3.99. The molecule has 1 unspecified atom stereocenters. The number of sulfonamides is 1. The van der Waals surface area contributed by atoms with Crippen LogP contribution in [-0.2, 0) is 10.0 Å². The Bertz CT molecular complexity index is 426. The molecule has 0 radical (unpaired) electrons. The summed E-state index contributed by atoms with van der Waals surface area (Å²) in [6.45, 7) is 11.9. The molecule has 124 valence electrons. The summed E-state index contributed by atoms with van der Waals surface area (Å²) < 4.78 is 26.5. The molecule has 0 aromatic carbocycles. The van der Waals surface area contributed by atoms with E-state index >= 15 is 0 Å². The predicted molar refractivity (Wildman–Crippen MR) is 87.8 cm³/mol. The molecule has 0 aromatic heterocycles. The summed E-state index contributed by atoms with van der Waals surface area (Å²) in [5.74, 6) is 1.62. The highest BCUT2D eigenvalue weighted by Gasteiger charge is 2.34. The Morgan fingerprint density at radius 1 is 0.952 bits per heavy atom. The van der Waals surface area contributed by atoms with E-state index in [0.29, 0.717) is 19.1 Å². The third-order valence-electron chi connectivity index (χ3n) is 5.35. The molecular formula is C16H32N2O2S. The monoisotopic (exact) mass is 316 g/mol. The van der Waals surface area contributed by atoms with Crippen molar-refractivity contribution in [2.75, 3.05) is 26.2 Å². The molecule has 5 heteroatoms. The van der Waals surface area contributed by atoms with Crippen molar-refractivity contribution in [3.05, 3.63) is 0 Å². The Hall–Kier alpha value is -0.130. The first-order valence-corrected chi connectivity index (χ1v) is 10.1. The lowest BCUT2D eigenvalue weighted by atomic mass is 9.86. The zero-order chi connectivity index (χ0) is 15.6. The first-order chi connectivity index (χ1) is 9.82. The number of likely N-dealkylation sites (tertiary alicyclic amines) is 1. The van der Waals surface area contributed by atoms with Gasteiger partial charge in [-0.05, 0) is 64.5 Å². The van der Waals surface area contributed by atoms with E-state index in [1.54, 1.807) is 18.2 Å². The van der Waals surface area contributed by atoms with Gasteiger partial charge in [-0.2, -0.15) is 0 Å². The summed E-state index contributed by atoms with van der Waals surface area (Å²) in [6.07, 6.45) is 4.69. The first kappa shape index (κ1) is 17.2. The average Bonchev–Trinajstić information content (AvgIpc) is 2.47. The van der Waals surface area contributed by atoms with Gasteiger partial charge in [-0.1, -0.05) is 13.8 Å². The lowest BCUT2D eigenvalue weighted by molar-refractivity contribution is 0.0829. The van der Waals surface area contributed by atoms with Crippen molar-refractivity contribution < 1.29 is 8.42 Å². The lowest BCUT2D eigenvalue weighted by Gasteiger charge is -2.43. The van der Waals surface area contributed by atoms with E-state index in [4.69, 9.17) is 0 Å². The fourth-order valence-corrected chi connectivity index (χ4v) is 5.06. The number of nitrogens with zero attached hydrogens (tertiary/aromatic N) is 2. The maximum absolute atomic E-state index is 12.4. The van der Waals surface area contributed by atoms with Crippen molar-refractivity contribution in [3.8, 4) is 0 Å². The second-order valence-corrected chi connectivity index (χ2v) is 9.85. The molecule has 2 aliphatic rings. The standard InChI is InChI=1S/C16H32N2O2S/c1-13(2)15-7-10-17(11-8-15)16-6-5-9-18(12-16)21(19,20)14(3)4/h13-16H,5-12H2,1-4H3. The SMILES string of the molecule is CC(C)C1CCN(C2CCCN(S(=O)(=O)C(C)C)C2)CC1. The minimum absolute atomic E-state index is 0.303. The zero-order valence-electron chi connectivity index (χ0n) is 14.1. The Morgan fingerprint density at radius 3 is 2.10 bits per heavy atom. The van der Waals surface area contributed by atoms with E-state index in [9.17, 15) is 8.42 Å². The summed E-state index contributed by atoms with van der Waals surface area (Å²) in [6, 6.07) is 0.431. The predicted octanol–water partition coefficient (Wildman–Crippen LogP) is 2.56. The first-order valence-electron chi connectivity index (χ1n) is 8.55. The van der Waals surface area contributed by atoms with Gasteiger partial charge in [0.2, 0.25) is 10.0 Å². The molecular weight excluding hydrogens is 284 g/mol. The summed E-state index contributed by atoms with van der Waals surface area (Å²) in [5, 5.41) is -0.303. The molecule has 2 rings (SSSR count). The summed E-state index contributed by atoms with van der Waals surface area (Å²) in [4.78, 5) is 2.54. The summed E-state index contributed by atoms with van der Waals surface area (Å²) in [5.41, 5.74) is 0. The van der Waals surface area contributed by atoms with Crippen LogP contribution >= 0.6 is 0 Å². The molecule has 21 heavy (non-hydrogen) atoms. The van der Waals surface area contributed by atoms with Crippen LogP contribution in [0.5, 0.6) is 0 Å². The Balaban J connectivity index is 1.93. The van der Waals surface area contributed by atoms with Gasteiger partial charge in [-0.3, -0.25) is 4.90 Å². The van der Waals surface area contributed by atoms with Gasteiger partial charge in [-0.25, -0.2) is 12.7 Å². The number of hydrogen-bond donors (Lipinski definition) is 0. The Labute approximate surface area is 130 Å². The highest BCUT2D eigenvalue weighted by atomic mass is 32.2. The van der Waals surface area contributed by atoms with Crippen molar-refractivity contribution in [1.82, 2.24) is 9.21 Å². The third-order valence-corrected chi connectivity index (χ3v) is 7.59. The van der Waals surface area contributed by atoms with Crippen LogP contribution in [0.2, 0.25) is 0 Å². The highest BCUT2D eigenvalue weighted by Crippen LogP contribution is 2.28. The van der Waals surface area contributed by atoms with E-state index < -0.39 is 10.0 Å². The van der Waals surface area contributed by atoms with E-state index in [2.05, 4.69) is 18.7 Å². The van der Waals surface area contributed by atoms with Gasteiger partial charge < -0.3 is 0 Å². The largest absolute Gasteiger partial charge is 0.299 e. The van der Waals surface area contributed by atoms with E-state index in [1.165, 1.54) is 12.8 Å². The average molecular weight is 317 g/mol. The number of rotatable bonds is 4. The van der Waals surface area contributed by atoms with Crippen LogP contribution in [0.1, 0.15) is 53.4 Å². The normalized spacial score (nSPS) is 27.6. The Kier molecular flexibility index (Phi) is 5.71. The number of piperidine rings is 2. The van der Waals surface area contributed by atoms with E-state index in [1.807, 2.05) is 0 Å². The fraction of sp³-hybridized carbons (Fsp3) is 1.00. The van der Waals surface area contributed by atoms with Gasteiger partial charge in [0.25, 0.3) is 0 Å². The number of hydrogen-bond acceptors (Lipinski definition) is 3. The van der Waals surface area contributed by atoms with Crippen LogP contribution in [0.4, 0.5) is 0 Å². The highest BCUT2D eigenvalue weighted by molar-refractivity contribution is 7.89. The summed E-state index contributed by atoms with van der Waals surface area (Å²) in [7, 11) is -3.09. The molecule has 2 saturated heterocycles. The van der Waals surface area contributed by atoms with Crippen LogP contribution < -0.4 is 0 Å². The van der Waals surface area contributed by atoms with Gasteiger partial charge in [-0.15, -0.1) is 0 Å². The molecule has 2 fully saturated rings. The van der Waals surface area contributed by atoms with Crippen LogP contribution in [0, 0.1) is 11.8 Å². The van der Waals surface area contributed by atoms with Crippen molar-refractivity contribution >= 4 is 10.0 Å². The van der Waals surface area contributed by atoms with Crippen LogP contribution in [0.25, 0.3) is 0 Å². The van der Waals surface area contributed by atoms with Crippen molar-refractivity contribution in [2.45, 2.75) is 64.7 Å². The molecule has 0 amide bonds. The molecule has 0 aromatic rings. The molecule has 2 heterocycles. The van der Waals surface area contributed by atoms with E-state index in [0.717, 1.165) is 37.8 Å². The second kappa shape index (κ2) is 6.97. The van der Waals surface area contributed by atoms with Gasteiger partial charge >= 0.3 is 0 Å². The molecule has 4 nitrogen and oxygen atoms in total. The Morgan fingerprint density at radius 2 is 1.57 bits per heavy atom. The molecule has 0 spiro atoms. The molecule has 0 N–H and O–H groups in total. The molecule has 0 aliphatic carbocycles. The minimum Gasteiger partial charge on any atom is -0.299 e. The van der Waals surface area contributed by atoms with Crippen molar-refractivity contribution in [3.63, 3.8) is 0 Å². The molecule has 0 bridgehead atoms. The molecule has 0 saturated carbocycles. The minimum atomic E-state index is -3.09. The van der Waals surface area contributed by atoms with Crippen molar-refractivity contribution in [1.29, 1.82) is 0 Å². The lowest BCUT2D eigenvalue weighted by Crippen LogP contribution is -2.53. The second-order valence-electron chi connectivity index (χ2n) is 7.37. The zero-order valence-corrected chi connectivity index (χ0v) is 14.9. The topological polar surface area (TPSA) is 40.6 Å². The van der Waals surface area contributed by atoms with Crippen LogP contribution in [0.3, 0.4) is 0 Å². The quantitative estimate of drug-likeness (QED) is 0.800. The summed E-state index contributed by atoms with van der Waals surface area (Å²) >= 11 is 0. The maximum Gasteiger partial charge on any atom is 0.216 e. The van der Waals surface area contributed by atoms with Gasteiger partial charge in [0.15, 0.2) is 0 Å². The van der Waals surface area contributed by atoms with Crippen molar-refractivity contribution in [2.24, 2.45) is 11.8 Å². The van der Waals surface area contributed by atoms with E-state index in [-0.39, 0.29) is 5.25 Å². The van der Waals surface area contributed by atoms with Gasteiger partial charge in [0.05, 0.1) is 5.25 Å². The smallest absolute Gasteiger partial charge is 0.216 e. The van der Waals surface area contributed by atoms with Crippen LogP contribution in [-0.4, -0.2) is 55.1 Å². The molecule has 1 atom stereocenters. The molecule has 2 aliphatic heterocycles. The van der Waals surface area contributed by atoms with Gasteiger partial charge in [0.1, 0.15) is 0 Å².